The zero-order valence-electron chi connectivity index (χ0n) is 10.3. The fraction of sp³-hybridized carbons (Fsp3) is 0.125. The van der Waals surface area contributed by atoms with E-state index in [4.69, 9.17) is 0 Å². The highest BCUT2D eigenvalue weighted by Crippen LogP contribution is 2.32. The Morgan fingerprint density at radius 3 is 2.33 bits per heavy atom. The van der Waals surface area contributed by atoms with Gasteiger partial charge in [0.05, 0.1) is 12.3 Å². The molecule has 0 unspecified atom stereocenters. The lowest BCUT2D eigenvalue weighted by molar-refractivity contribution is 0.283. The van der Waals surface area contributed by atoms with Gasteiger partial charge < -0.3 is 9.67 Å². The molecule has 2 nitrogen and oxygen atoms in total. The van der Waals surface area contributed by atoms with Gasteiger partial charge in [0.15, 0.2) is 0 Å². The van der Waals surface area contributed by atoms with Gasteiger partial charge in [-0.25, -0.2) is 0 Å². The third-order valence-corrected chi connectivity index (χ3v) is 3.42. The maximum Gasteiger partial charge on any atom is 0.0709 e. The van der Waals surface area contributed by atoms with E-state index in [-0.39, 0.29) is 6.61 Å². The first-order valence-electron chi connectivity index (χ1n) is 6.05. The summed E-state index contributed by atoms with van der Waals surface area (Å²) in [6.45, 7) is 0.0611. The molecule has 0 amide bonds. The van der Waals surface area contributed by atoms with E-state index in [0.29, 0.717) is 0 Å². The third kappa shape index (κ3) is 1.54. The number of benzene rings is 2. The lowest BCUT2D eigenvalue weighted by Crippen LogP contribution is -1.93. The second kappa shape index (κ2) is 4.31. The van der Waals surface area contributed by atoms with Crippen LogP contribution in [0.4, 0.5) is 0 Å². The Morgan fingerprint density at radius 2 is 1.61 bits per heavy atom. The molecule has 0 spiro atoms. The SMILES string of the molecule is Cn1c(-c2ccccc2)c(CO)c2ccccc21. The standard InChI is InChI=1S/C16H15NO/c1-17-15-10-6-5-9-13(15)14(11-18)16(17)12-7-3-2-4-8-12/h2-10,18H,11H2,1H3. The Balaban J connectivity index is 2.38. The molecule has 18 heavy (non-hydrogen) atoms. The van der Waals surface area contributed by atoms with Crippen LogP contribution in [0.2, 0.25) is 0 Å². The number of rotatable bonds is 2. The molecule has 90 valence electrons. The molecule has 0 bridgehead atoms. The normalized spacial score (nSPS) is 11.0. The van der Waals surface area contributed by atoms with Crippen molar-refractivity contribution in [2.45, 2.75) is 6.61 Å². The topological polar surface area (TPSA) is 25.2 Å². The average molecular weight is 237 g/mol. The lowest BCUT2D eigenvalue weighted by atomic mass is 10.1. The molecule has 3 aromatic rings. The third-order valence-electron chi connectivity index (χ3n) is 3.42. The molecule has 3 rings (SSSR count). The molecule has 2 heteroatoms. The zero-order chi connectivity index (χ0) is 12.5. The largest absolute Gasteiger partial charge is 0.392 e. The van der Waals surface area contributed by atoms with Crippen molar-refractivity contribution in [3.05, 3.63) is 60.2 Å². The molecule has 0 aliphatic carbocycles. The highest BCUT2D eigenvalue weighted by Gasteiger charge is 2.14. The van der Waals surface area contributed by atoms with Gasteiger partial charge in [-0.2, -0.15) is 0 Å². The summed E-state index contributed by atoms with van der Waals surface area (Å²) in [4.78, 5) is 0. The Labute approximate surface area is 106 Å². The Kier molecular flexibility index (Phi) is 2.65. The van der Waals surface area contributed by atoms with Crippen molar-refractivity contribution in [3.63, 3.8) is 0 Å². The maximum absolute atomic E-state index is 9.68. The Bertz CT molecular complexity index is 683. The Morgan fingerprint density at radius 1 is 0.944 bits per heavy atom. The van der Waals surface area contributed by atoms with Crippen LogP contribution in [0.3, 0.4) is 0 Å². The summed E-state index contributed by atoms with van der Waals surface area (Å²) in [5, 5.41) is 10.8. The van der Waals surface area contributed by atoms with Gasteiger partial charge in [0, 0.05) is 23.5 Å². The van der Waals surface area contributed by atoms with E-state index in [9.17, 15) is 5.11 Å². The lowest BCUT2D eigenvalue weighted by Gasteiger charge is -2.06. The van der Waals surface area contributed by atoms with Crippen molar-refractivity contribution < 1.29 is 5.11 Å². The van der Waals surface area contributed by atoms with Gasteiger partial charge in [-0.15, -0.1) is 0 Å². The minimum atomic E-state index is 0.0611. The molecular formula is C16H15NO. The van der Waals surface area contributed by atoms with Gasteiger partial charge in [-0.05, 0) is 11.6 Å². The van der Waals surface area contributed by atoms with Gasteiger partial charge in [-0.1, -0.05) is 48.5 Å². The number of fused-ring (bicyclic) bond motifs is 1. The van der Waals surface area contributed by atoms with Crippen molar-refractivity contribution in [1.82, 2.24) is 4.57 Å². The summed E-state index contributed by atoms with van der Waals surface area (Å²) in [6.07, 6.45) is 0. The molecule has 0 radical (unpaired) electrons. The van der Waals surface area contributed by atoms with Crippen LogP contribution < -0.4 is 0 Å². The Hall–Kier alpha value is -2.06. The minimum Gasteiger partial charge on any atom is -0.392 e. The molecule has 0 fully saturated rings. The molecule has 1 N–H and O–H groups in total. The van der Waals surface area contributed by atoms with Gasteiger partial charge in [0.25, 0.3) is 0 Å². The van der Waals surface area contributed by atoms with Crippen molar-refractivity contribution in [2.75, 3.05) is 0 Å². The molecule has 0 saturated heterocycles. The molecular weight excluding hydrogens is 222 g/mol. The highest BCUT2D eigenvalue weighted by atomic mass is 16.3. The quantitative estimate of drug-likeness (QED) is 0.726. The molecule has 0 aliphatic heterocycles. The minimum absolute atomic E-state index is 0.0611. The number of nitrogens with zero attached hydrogens (tertiary/aromatic N) is 1. The summed E-state index contributed by atoms with van der Waals surface area (Å²) in [5.74, 6) is 0. The summed E-state index contributed by atoms with van der Waals surface area (Å²) in [7, 11) is 2.05. The smallest absolute Gasteiger partial charge is 0.0709 e. The molecule has 0 saturated carbocycles. The number of aliphatic hydroxyl groups is 1. The summed E-state index contributed by atoms with van der Waals surface area (Å²) in [5.41, 5.74) is 4.39. The first-order valence-corrected chi connectivity index (χ1v) is 6.05. The zero-order valence-corrected chi connectivity index (χ0v) is 10.3. The van der Waals surface area contributed by atoms with Crippen LogP contribution in [0.1, 0.15) is 5.56 Å². The first kappa shape index (κ1) is 11.1. The van der Waals surface area contributed by atoms with E-state index in [1.165, 1.54) is 0 Å². The van der Waals surface area contributed by atoms with Crippen LogP contribution in [0, 0.1) is 0 Å². The monoisotopic (exact) mass is 237 g/mol. The van der Waals surface area contributed by atoms with Gasteiger partial charge in [0.1, 0.15) is 0 Å². The van der Waals surface area contributed by atoms with Gasteiger partial charge >= 0.3 is 0 Å². The first-order chi connectivity index (χ1) is 8.83. The number of hydrogen-bond acceptors (Lipinski definition) is 1. The predicted molar refractivity (Wildman–Crippen MR) is 74.3 cm³/mol. The fourth-order valence-electron chi connectivity index (χ4n) is 2.60. The van der Waals surface area contributed by atoms with Gasteiger partial charge in [0.2, 0.25) is 0 Å². The second-order valence-corrected chi connectivity index (χ2v) is 4.43. The molecule has 0 aliphatic rings. The van der Waals surface area contributed by atoms with Crippen LogP contribution in [0.5, 0.6) is 0 Å². The van der Waals surface area contributed by atoms with Crippen molar-refractivity contribution >= 4 is 10.9 Å². The number of aromatic nitrogens is 1. The van der Waals surface area contributed by atoms with Crippen LogP contribution >= 0.6 is 0 Å². The van der Waals surface area contributed by atoms with Crippen LogP contribution in [0.25, 0.3) is 22.2 Å². The van der Waals surface area contributed by atoms with Crippen molar-refractivity contribution in [3.8, 4) is 11.3 Å². The van der Waals surface area contributed by atoms with E-state index in [2.05, 4.69) is 28.8 Å². The maximum atomic E-state index is 9.68. The molecule has 1 heterocycles. The van der Waals surface area contributed by atoms with E-state index in [1.807, 2.05) is 37.4 Å². The van der Waals surface area contributed by atoms with Gasteiger partial charge in [-0.3, -0.25) is 0 Å². The number of aryl methyl sites for hydroxylation is 1. The highest BCUT2D eigenvalue weighted by molar-refractivity contribution is 5.91. The van der Waals surface area contributed by atoms with E-state index in [0.717, 1.165) is 27.7 Å². The summed E-state index contributed by atoms with van der Waals surface area (Å²) < 4.78 is 2.15. The van der Waals surface area contributed by atoms with Crippen LogP contribution in [-0.4, -0.2) is 9.67 Å². The van der Waals surface area contributed by atoms with E-state index < -0.39 is 0 Å². The molecule has 2 aromatic carbocycles. The van der Waals surface area contributed by atoms with Crippen molar-refractivity contribution in [1.29, 1.82) is 0 Å². The summed E-state index contributed by atoms with van der Waals surface area (Å²) >= 11 is 0. The number of para-hydroxylation sites is 1. The van der Waals surface area contributed by atoms with Crippen LogP contribution in [0.15, 0.2) is 54.6 Å². The molecule has 1 aromatic heterocycles. The number of aliphatic hydroxyl groups excluding tert-OH is 1. The van der Waals surface area contributed by atoms with Crippen LogP contribution in [-0.2, 0) is 13.7 Å². The van der Waals surface area contributed by atoms with E-state index >= 15 is 0 Å². The fourth-order valence-corrected chi connectivity index (χ4v) is 2.60. The average Bonchev–Trinajstić information content (AvgIpc) is 2.73. The number of hydrogen-bond donors (Lipinski definition) is 1. The van der Waals surface area contributed by atoms with E-state index in [1.54, 1.807) is 0 Å². The predicted octanol–water partition coefficient (Wildman–Crippen LogP) is 3.34. The second-order valence-electron chi connectivity index (χ2n) is 4.43. The van der Waals surface area contributed by atoms with Crippen molar-refractivity contribution in [2.24, 2.45) is 7.05 Å². The molecule has 0 atom stereocenters. The summed E-state index contributed by atoms with van der Waals surface area (Å²) in [6, 6.07) is 18.4.